The quantitative estimate of drug-likeness (QED) is 0.0504. The number of rotatable bonds is 33. The lowest BCUT2D eigenvalue weighted by Crippen LogP contribution is -2.44. The molecular formula is C43H90N2O5. The van der Waals surface area contributed by atoms with E-state index in [9.17, 15) is 14.7 Å². The number of carboxylic acid groups (broad SMARTS) is 1. The SMILES string of the molecule is CCCCC(=O)O.CCCCCCCCCCCCCN(C(=O)CCCCCCCCCCC)C(C)C(C)O.CCCCCNC(C)C(C)O. The predicted molar refractivity (Wildman–Crippen MR) is 217 cm³/mol. The number of amides is 1. The first-order chi connectivity index (χ1) is 24.0. The Labute approximate surface area is 312 Å². The minimum absolute atomic E-state index is 0.0795. The summed E-state index contributed by atoms with van der Waals surface area (Å²) in [6, 6.07) is 0.149. The van der Waals surface area contributed by atoms with E-state index < -0.39 is 12.1 Å². The Hall–Kier alpha value is -1.18. The molecule has 0 fully saturated rings. The highest BCUT2D eigenvalue weighted by molar-refractivity contribution is 5.76. The zero-order chi connectivity index (χ0) is 38.3. The fourth-order valence-corrected chi connectivity index (χ4v) is 5.70. The van der Waals surface area contributed by atoms with Gasteiger partial charge in [0.25, 0.3) is 0 Å². The third-order valence-corrected chi connectivity index (χ3v) is 9.72. The summed E-state index contributed by atoms with van der Waals surface area (Å²) in [6.45, 7) is 18.2. The first-order valence-electron chi connectivity index (χ1n) is 21.6. The van der Waals surface area contributed by atoms with Crippen molar-refractivity contribution in [1.29, 1.82) is 0 Å². The van der Waals surface area contributed by atoms with Gasteiger partial charge in [0.15, 0.2) is 0 Å². The monoisotopic (exact) mass is 715 g/mol. The maximum atomic E-state index is 12.8. The highest BCUT2D eigenvalue weighted by Gasteiger charge is 2.22. The number of aliphatic hydroxyl groups is 2. The number of aliphatic carboxylic acids is 1. The molecule has 0 aromatic carbocycles. The van der Waals surface area contributed by atoms with Crippen LogP contribution in [0.3, 0.4) is 0 Å². The van der Waals surface area contributed by atoms with Crippen molar-refractivity contribution in [1.82, 2.24) is 10.2 Å². The lowest BCUT2D eigenvalue weighted by atomic mass is 10.0. The molecule has 4 unspecified atom stereocenters. The summed E-state index contributed by atoms with van der Waals surface area (Å²) in [6.07, 6.45) is 31.8. The molecule has 0 spiro atoms. The van der Waals surface area contributed by atoms with Gasteiger partial charge in [-0.15, -0.1) is 0 Å². The Balaban J connectivity index is -0.000000996. The molecular weight excluding hydrogens is 624 g/mol. The molecule has 0 rings (SSSR count). The first kappa shape index (κ1) is 53.2. The molecule has 0 aliphatic rings. The van der Waals surface area contributed by atoms with Gasteiger partial charge >= 0.3 is 5.97 Å². The highest BCUT2D eigenvalue weighted by atomic mass is 16.4. The van der Waals surface area contributed by atoms with E-state index in [0.29, 0.717) is 12.8 Å². The van der Waals surface area contributed by atoms with Crippen LogP contribution in [0, 0.1) is 0 Å². The molecule has 0 heterocycles. The summed E-state index contributed by atoms with van der Waals surface area (Å²) in [4.78, 5) is 24.5. The van der Waals surface area contributed by atoms with Gasteiger partial charge in [0, 0.05) is 25.4 Å². The fraction of sp³-hybridized carbons (Fsp3) is 0.953. The van der Waals surface area contributed by atoms with Crippen LogP contribution in [0.5, 0.6) is 0 Å². The summed E-state index contributed by atoms with van der Waals surface area (Å²) in [5, 5.41) is 30.5. The lowest BCUT2D eigenvalue weighted by molar-refractivity contribution is -0.137. The molecule has 1 amide bonds. The van der Waals surface area contributed by atoms with Crippen LogP contribution >= 0.6 is 0 Å². The summed E-state index contributed by atoms with van der Waals surface area (Å²) in [7, 11) is 0. The Morgan fingerprint density at radius 1 is 0.500 bits per heavy atom. The van der Waals surface area contributed by atoms with Gasteiger partial charge in [-0.25, -0.2) is 0 Å². The topological polar surface area (TPSA) is 110 Å². The molecule has 0 aliphatic carbocycles. The molecule has 0 radical (unpaired) electrons. The summed E-state index contributed by atoms with van der Waals surface area (Å²) >= 11 is 0. The Kier molecular flexibility index (Phi) is 44.9. The minimum atomic E-state index is -0.693. The molecule has 50 heavy (non-hydrogen) atoms. The third-order valence-electron chi connectivity index (χ3n) is 9.72. The highest BCUT2D eigenvalue weighted by Crippen LogP contribution is 2.16. The number of unbranched alkanes of at least 4 members (excludes halogenated alkanes) is 21. The van der Waals surface area contributed by atoms with E-state index in [2.05, 4.69) is 26.1 Å². The molecule has 0 aromatic heterocycles. The minimum Gasteiger partial charge on any atom is -0.481 e. The first-order valence-corrected chi connectivity index (χ1v) is 21.6. The molecule has 0 aromatic rings. The number of hydrogen-bond acceptors (Lipinski definition) is 5. The third kappa shape index (κ3) is 41.2. The number of carbonyl (C=O) groups excluding carboxylic acids is 1. The summed E-state index contributed by atoms with van der Waals surface area (Å²) < 4.78 is 0. The van der Waals surface area contributed by atoms with E-state index in [4.69, 9.17) is 10.2 Å². The fourth-order valence-electron chi connectivity index (χ4n) is 5.70. The zero-order valence-electron chi connectivity index (χ0n) is 34.9. The van der Waals surface area contributed by atoms with E-state index >= 15 is 0 Å². The predicted octanol–water partition coefficient (Wildman–Crippen LogP) is 11.6. The van der Waals surface area contributed by atoms with Crippen molar-refractivity contribution >= 4 is 11.9 Å². The zero-order valence-corrected chi connectivity index (χ0v) is 34.9. The van der Waals surface area contributed by atoms with Gasteiger partial charge in [-0.1, -0.05) is 163 Å². The molecule has 7 heteroatoms. The van der Waals surface area contributed by atoms with Gasteiger partial charge in [-0.3, -0.25) is 9.59 Å². The average molecular weight is 715 g/mol. The largest absolute Gasteiger partial charge is 0.481 e. The van der Waals surface area contributed by atoms with E-state index in [1.54, 1.807) is 0 Å². The molecule has 7 nitrogen and oxygen atoms in total. The normalized spacial score (nSPS) is 13.3. The number of carboxylic acids is 1. The van der Waals surface area contributed by atoms with E-state index in [1.807, 2.05) is 39.5 Å². The number of nitrogens with zero attached hydrogens (tertiary/aromatic N) is 1. The van der Waals surface area contributed by atoms with Crippen LogP contribution < -0.4 is 5.32 Å². The van der Waals surface area contributed by atoms with Crippen molar-refractivity contribution in [2.45, 2.75) is 253 Å². The van der Waals surface area contributed by atoms with Crippen LogP contribution in [0.15, 0.2) is 0 Å². The van der Waals surface area contributed by atoms with Crippen molar-refractivity contribution in [3.05, 3.63) is 0 Å². The van der Waals surface area contributed by atoms with Gasteiger partial charge < -0.3 is 25.5 Å². The van der Waals surface area contributed by atoms with Crippen LogP contribution in [-0.2, 0) is 9.59 Å². The molecule has 302 valence electrons. The maximum absolute atomic E-state index is 12.8. The smallest absolute Gasteiger partial charge is 0.303 e. The number of carbonyl (C=O) groups is 2. The summed E-state index contributed by atoms with van der Waals surface area (Å²) in [5.74, 6) is -0.449. The Morgan fingerprint density at radius 2 is 0.880 bits per heavy atom. The van der Waals surface area contributed by atoms with E-state index in [-0.39, 0.29) is 24.1 Å². The molecule has 0 aliphatic heterocycles. The van der Waals surface area contributed by atoms with Gasteiger partial charge in [0.2, 0.25) is 5.91 Å². The average Bonchev–Trinajstić information content (AvgIpc) is 3.09. The van der Waals surface area contributed by atoms with Crippen LogP contribution in [0.2, 0.25) is 0 Å². The molecule has 0 saturated heterocycles. The summed E-state index contributed by atoms with van der Waals surface area (Å²) in [5.41, 5.74) is 0. The molecule has 4 atom stereocenters. The van der Waals surface area contributed by atoms with Crippen molar-refractivity contribution in [2.75, 3.05) is 13.1 Å². The molecule has 0 saturated carbocycles. The van der Waals surface area contributed by atoms with Crippen LogP contribution in [-0.4, -0.2) is 69.5 Å². The van der Waals surface area contributed by atoms with E-state index in [1.165, 1.54) is 128 Å². The molecule has 0 bridgehead atoms. The van der Waals surface area contributed by atoms with Gasteiger partial charge in [0.05, 0.1) is 18.2 Å². The number of hydrogen-bond donors (Lipinski definition) is 4. The van der Waals surface area contributed by atoms with Gasteiger partial charge in [-0.05, 0) is 59.9 Å². The van der Waals surface area contributed by atoms with Gasteiger partial charge in [0.1, 0.15) is 0 Å². The second-order valence-electron chi connectivity index (χ2n) is 14.9. The Bertz CT molecular complexity index is 688. The van der Waals surface area contributed by atoms with E-state index in [0.717, 1.165) is 45.2 Å². The van der Waals surface area contributed by atoms with Crippen molar-refractivity contribution in [3.63, 3.8) is 0 Å². The lowest BCUT2D eigenvalue weighted by Gasteiger charge is -2.31. The maximum Gasteiger partial charge on any atom is 0.303 e. The van der Waals surface area contributed by atoms with Crippen molar-refractivity contribution < 1.29 is 24.9 Å². The second kappa shape index (κ2) is 42.2. The van der Waals surface area contributed by atoms with Crippen LogP contribution in [0.25, 0.3) is 0 Å². The van der Waals surface area contributed by atoms with Crippen LogP contribution in [0.1, 0.15) is 229 Å². The van der Waals surface area contributed by atoms with Crippen molar-refractivity contribution in [2.24, 2.45) is 0 Å². The Morgan fingerprint density at radius 3 is 1.24 bits per heavy atom. The van der Waals surface area contributed by atoms with Crippen molar-refractivity contribution in [3.8, 4) is 0 Å². The molecule has 4 N–H and O–H groups in total. The standard InChI is InChI=1S/C29H59NO2.C9H21NO.C5H10O2/c1-5-7-9-11-13-15-16-18-20-22-24-26-30(27(3)28(4)31)29(32)25-23-21-19-17-14-12-10-8-6-2;1-4-5-6-7-10-8(2)9(3)11;1-2-3-4-5(6)7/h27-28,31H,5-26H2,1-4H3;8-11H,4-7H2,1-3H3;2-4H2,1H3,(H,6,7). The van der Waals surface area contributed by atoms with Crippen LogP contribution in [0.4, 0.5) is 0 Å². The van der Waals surface area contributed by atoms with Gasteiger partial charge in [-0.2, -0.15) is 0 Å². The second-order valence-corrected chi connectivity index (χ2v) is 14.9. The number of nitrogens with one attached hydrogen (secondary N) is 1. The number of aliphatic hydroxyl groups excluding tert-OH is 2.